The molecule has 7 rings (SSSR count). The molecule has 0 radical (unpaired) electrons. The van der Waals surface area contributed by atoms with Crippen LogP contribution in [-0.2, 0) is 33.1 Å². The number of carbonyl (C=O) groups excluding carboxylic acids is 1. The molecular formula is C39H43BN8O. The summed E-state index contributed by atoms with van der Waals surface area (Å²) in [7, 11) is 4.08. The molecule has 2 aliphatic heterocycles. The van der Waals surface area contributed by atoms with Crippen LogP contribution < -0.4 is 21.0 Å². The third-order valence-electron chi connectivity index (χ3n) is 10.4. The molecule has 0 fully saturated rings. The van der Waals surface area contributed by atoms with E-state index in [0.717, 1.165) is 101 Å². The second kappa shape index (κ2) is 13.0. The van der Waals surface area contributed by atoms with Gasteiger partial charge in [0.15, 0.2) is 5.82 Å². The van der Waals surface area contributed by atoms with Crippen molar-refractivity contribution < 1.29 is 4.79 Å². The van der Waals surface area contributed by atoms with Gasteiger partial charge in [-0.3, -0.25) is 19.7 Å². The Morgan fingerprint density at radius 3 is 2.35 bits per heavy atom. The molecule has 2 aromatic carbocycles. The third kappa shape index (κ3) is 6.01. The molecular weight excluding hydrogens is 607 g/mol. The fraction of sp³-hybridized carbons (Fsp3) is 0.282. The van der Waals surface area contributed by atoms with E-state index in [2.05, 4.69) is 97.9 Å². The molecule has 10 heteroatoms. The van der Waals surface area contributed by atoms with E-state index in [0.29, 0.717) is 5.82 Å². The lowest BCUT2D eigenvalue weighted by atomic mass is 9.92. The number of rotatable bonds is 8. The molecule has 0 bridgehead atoms. The van der Waals surface area contributed by atoms with Crippen LogP contribution in [0.15, 0.2) is 67.5 Å². The Labute approximate surface area is 289 Å². The van der Waals surface area contributed by atoms with Crippen LogP contribution in [-0.4, -0.2) is 51.3 Å². The van der Waals surface area contributed by atoms with Crippen LogP contribution in [0.2, 0.25) is 0 Å². The summed E-state index contributed by atoms with van der Waals surface area (Å²) in [6.07, 6.45) is 4.76. The zero-order valence-electron chi connectivity index (χ0n) is 29.3. The van der Waals surface area contributed by atoms with Gasteiger partial charge in [-0.05, 0) is 90.4 Å². The summed E-state index contributed by atoms with van der Waals surface area (Å²) in [6, 6.07) is 16.5. The van der Waals surface area contributed by atoms with Crippen LogP contribution in [0.5, 0.6) is 0 Å². The first-order valence-corrected chi connectivity index (χ1v) is 17.0. The van der Waals surface area contributed by atoms with Crippen molar-refractivity contribution in [2.75, 3.05) is 28.6 Å². The summed E-state index contributed by atoms with van der Waals surface area (Å²) in [5.74, 6) is 0.253. The van der Waals surface area contributed by atoms with E-state index < -0.39 is 0 Å². The van der Waals surface area contributed by atoms with Crippen LogP contribution in [0, 0.1) is 20.8 Å². The minimum absolute atomic E-state index is 0.195. The van der Waals surface area contributed by atoms with Crippen molar-refractivity contribution in [2.24, 2.45) is 7.05 Å². The highest BCUT2D eigenvalue weighted by Gasteiger charge is 2.26. The highest BCUT2D eigenvalue weighted by Crippen LogP contribution is 2.35. The smallest absolute Gasteiger partial charge is 0.291 e. The summed E-state index contributed by atoms with van der Waals surface area (Å²) >= 11 is 0. The number of pyridine rings is 2. The largest absolute Gasteiger partial charge is 0.363 e. The fourth-order valence-corrected chi connectivity index (χ4v) is 7.17. The number of hydrogen-bond acceptors (Lipinski definition) is 7. The van der Waals surface area contributed by atoms with Gasteiger partial charge in [0.25, 0.3) is 5.91 Å². The quantitative estimate of drug-likeness (QED) is 0.221. The van der Waals surface area contributed by atoms with Gasteiger partial charge in [0.1, 0.15) is 7.85 Å². The van der Waals surface area contributed by atoms with E-state index in [1.165, 1.54) is 22.3 Å². The third-order valence-corrected chi connectivity index (χ3v) is 10.4. The van der Waals surface area contributed by atoms with Gasteiger partial charge < -0.3 is 20.1 Å². The maximum absolute atomic E-state index is 13.5. The molecule has 5 aromatic rings. The molecule has 0 saturated heterocycles. The van der Waals surface area contributed by atoms with Gasteiger partial charge in [-0.2, -0.15) is 0 Å². The molecule has 2 aliphatic rings. The van der Waals surface area contributed by atoms with Crippen LogP contribution in [0.4, 0.5) is 17.1 Å². The van der Waals surface area contributed by atoms with Gasteiger partial charge in [-0.1, -0.05) is 37.8 Å². The molecule has 2 N–H and O–H groups in total. The number of hydrogen-bond donors (Lipinski definition) is 2. The van der Waals surface area contributed by atoms with Gasteiger partial charge in [-0.25, -0.2) is 4.98 Å². The predicted octanol–water partition coefficient (Wildman–Crippen LogP) is 5.29. The fourth-order valence-electron chi connectivity index (χ4n) is 7.17. The van der Waals surface area contributed by atoms with Gasteiger partial charge in [0, 0.05) is 80.5 Å². The van der Waals surface area contributed by atoms with Crippen LogP contribution in [0.1, 0.15) is 62.6 Å². The molecule has 0 spiro atoms. The number of nitrogens with one attached hydrogen (secondary N) is 2. The number of likely N-dealkylation sites (N-methyl/N-ethyl adjacent to an activating group) is 1. The number of amides is 1. The summed E-state index contributed by atoms with van der Waals surface area (Å²) in [6.45, 7) is 17.1. The Bertz CT molecular complexity index is 2120. The lowest BCUT2D eigenvalue weighted by Gasteiger charge is -2.24. The standard InChI is InChI=1S/C39H43BN8O/c1-7-47-17-15-35-34(22-47)44-38(46(35)6)39(49)45-32-13-9-11-30(24(32)3)29-10-8-12-31(23(29)2)43-25(4)33-18-27-20-48(21-28(27)19-42-33)36-14-16-41-26(5)37(36)40/h8-14,16,18-19,43H,4,7,15,17,20-22,40H2,1-3,5-6H3,(H,45,49). The Kier molecular flexibility index (Phi) is 8.58. The Hall–Kier alpha value is -5.22. The van der Waals surface area contributed by atoms with E-state index in [1.54, 1.807) is 0 Å². The molecule has 9 nitrogen and oxygen atoms in total. The minimum atomic E-state index is -0.195. The lowest BCUT2D eigenvalue weighted by Crippen LogP contribution is -2.30. The Morgan fingerprint density at radius 2 is 1.63 bits per heavy atom. The lowest BCUT2D eigenvalue weighted by molar-refractivity contribution is 0.101. The van der Waals surface area contributed by atoms with Gasteiger partial charge >= 0.3 is 0 Å². The zero-order valence-corrected chi connectivity index (χ0v) is 29.3. The van der Waals surface area contributed by atoms with Gasteiger partial charge in [-0.15, -0.1) is 0 Å². The minimum Gasteiger partial charge on any atom is -0.363 e. The normalized spacial score (nSPS) is 14.0. The number of imidazole rings is 1. The van der Waals surface area contributed by atoms with Crippen molar-refractivity contribution in [3.05, 3.63) is 118 Å². The molecule has 0 aliphatic carbocycles. The molecule has 49 heavy (non-hydrogen) atoms. The van der Waals surface area contributed by atoms with Crippen molar-refractivity contribution >= 4 is 42.0 Å². The summed E-state index contributed by atoms with van der Waals surface area (Å²) in [5, 5.41) is 6.71. The predicted molar refractivity (Wildman–Crippen MR) is 201 cm³/mol. The molecule has 248 valence electrons. The van der Waals surface area contributed by atoms with E-state index in [1.807, 2.05) is 42.2 Å². The highest BCUT2D eigenvalue weighted by molar-refractivity contribution is 6.36. The molecule has 1 amide bonds. The van der Waals surface area contributed by atoms with E-state index in [4.69, 9.17) is 9.97 Å². The van der Waals surface area contributed by atoms with Crippen LogP contribution >= 0.6 is 0 Å². The number of carbonyl (C=O) groups is 1. The second-order valence-electron chi connectivity index (χ2n) is 13.3. The number of nitrogens with zero attached hydrogens (tertiary/aromatic N) is 6. The number of fused-ring (bicyclic) bond motifs is 2. The number of benzene rings is 2. The molecule has 0 atom stereocenters. The first kappa shape index (κ1) is 32.3. The maximum Gasteiger partial charge on any atom is 0.291 e. The average molecular weight is 651 g/mol. The van der Waals surface area contributed by atoms with Crippen molar-refractivity contribution in [1.82, 2.24) is 24.4 Å². The molecule has 3 aromatic heterocycles. The van der Waals surface area contributed by atoms with Crippen molar-refractivity contribution in [2.45, 2.75) is 53.8 Å². The first-order valence-electron chi connectivity index (χ1n) is 17.0. The Balaban J connectivity index is 1.08. The first-order chi connectivity index (χ1) is 23.6. The van der Waals surface area contributed by atoms with Crippen LogP contribution in [0.3, 0.4) is 0 Å². The average Bonchev–Trinajstić information content (AvgIpc) is 3.68. The molecule has 0 unspecified atom stereocenters. The monoisotopic (exact) mass is 650 g/mol. The van der Waals surface area contributed by atoms with Crippen molar-refractivity contribution in [3.63, 3.8) is 0 Å². The number of aryl methyl sites for hydroxylation is 1. The van der Waals surface area contributed by atoms with Gasteiger partial charge in [0.2, 0.25) is 0 Å². The van der Waals surface area contributed by atoms with Crippen LogP contribution in [0.25, 0.3) is 16.8 Å². The zero-order chi connectivity index (χ0) is 34.4. The maximum atomic E-state index is 13.5. The SMILES string of the molecule is Bc1c(N2Cc3cnc(C(=C)Nc4cccc(-c5cccc(NC(=O)c6nc7c(n6C)CCN(CC)C7)c5C)c4C)cc3C2)ccnc1C. The molecule has 0 saturated carbocycles. The van der Waals surface area contributed by atoms with E-state index in [-0.39, 0.29) is 5.91 Å². The molecule has 5 heterocycles. The Morgan fingerprint density at radius 1 is 0.939 bits per heavy atom. The van der Waals surface area contributed by atoms with Crippen molar-refractivity contribution in [3.8, 4) is 11.1 Å². The topological polar surface area (TPSA) is 91.2 Å². The second-order valence-corrected chi connectivity index (χ2v) is 13.3. The van der Waals surface area contributed by atoms with Gasteiger partial charge in [0.05, 0.1) is 17.1 Å². The summed E-state index contributed by atoms with van der Waals surface area (Å²) in [4.78, 5) is 32.3. The highest BCUT2D eigenvalue weighted by atomic mass is 16.2. The number of anilines is 3. The van der Waals surface area contributed by atoms with Crippen molar-refractivity contribution in [1.29, 1.82) is 0 Å². The van der Waals surface area contributed by atoms with E-state index >= 15 is 0 Å². The summed E-state index contributed by atoms with van der Waals surface area (Å²) in [5.41, 5.74) is 15.6. The number of aromatic nitrogens is 4. The summed E-state index contributed by atoms with van der Waals surface area (Å²) < 4.78 is 1.96. The van der Waals surface area contributed by atoms with E-state index in [9.17, 15) is 4.79 Å².